The lowest BCUT2D eigenvalue weighted by Crippen LogP contribution is -2.42. The zero-order valence-electron chi connectivity index (χ0n) is 17.8. The van der Waals surface area contributed by atoms with Gasteiger partial charge in [-0.1, -0.05) is 12.1 Å². The zero-order valence-corrected chi connectivity index (χ0v) is 17.8. The number of ether oxygens (including phenoxy) is 1. The van der Waals surface area contributed by atoms with E-state index in [1.807, 2.05) is 49.7 Å². The Bertz CT molecular complexity index is 986. The van der Waals surface area contributed by atoms with E-state index in [2.05, 4.69) is 5.10 Å². The first kappa shape index (κ1) is 20.2. The second-order valence-electron chi connectivity index (χ2n) is 8.93. The monoisotopic (exact) mass is 413 g/mol. The van der Waals surface area contributed by atoms with E-state index >= 15 is 0 Å². The SMILES string of the molecule is CN1Cc2c(cnn2C2CCN(C(=O)OC(C)(C)C)CC2)-c2cccc([N+](=O)[O-])c21. The van der Waals surface area contributed by atoms with Crippen LogP contribution in [0.3, 0.4) is 0 Å². The van der Waals surface area contributed by atoms with Gasteiger partial charge >= 0.3 is 6.09 Å². The average Bonchev–Trinajstić information content (AvgIpc) is 3.10. The van der Waals surface area contributed by atoms with Gasteiger partial charge in [0.05, 0.1) is 29.4 Å². The molecule has 0 radical (unpaired) electrons. The van der Waals surface area contributed by atoms with E-state index in [0.29, 0.717) is 25.3 Å². The second-order valence-corrected chi connectivity index (χ2v) is 8.93. The van der Waals surface area contributed by atoms with Crippen LogP contribution in [0.2, 0.25) is 0 Å². The van der Waals surface area contributed by atoms with Gasteiger partial charge < -0.3 is 14.5 Å². The van der Waals surface area contributed by atoms with Crippen molar-refractivity contribution in [2.75, 3.05) is 25.0 Å². The first-order valence-corrected chi connectivity index (χ1v) is 10.2. The van der Waals surface area contributed by atoms with Gasteiger partial charge in [0, 0.05) is 37.3 Å². The molecular weight excluding hydrogens is 386 g/mol. The Morgan fingerprint density at radius 2 is 1.93 bits per heavy atom. The number of carbonyl (C=O) groups is 1. The topological polar surface area (TPSA) is 93.7 Å². The van der Waals surface area contributed by atoms with Gasteiger partial charge in [-0.15, -0.1) is 0 Å². The van der Waals surface area contributed by atoms with Crippen LogP contribution < -0.4 is 4.90 Å². The van der Waals surface area contributed by atoms with E-state index in [1.54, 1.807) is 11.0 Å². The van der Waals surface area contributed by atoms with Crippen LogP contribution in [0.4, 0.5) is 16.2 Å². The van der Waals surface area contributed by atoms with Crippen molar-refractivity contribution < 1.29 is 14.5 Å². The van der Waals surface area contributed by atoms with Crippen molar-refractivity contribution in [3.63, 3.8) is 0 Å². The fourth-order valence-corrected chi connectivity index (χ4v) is 4.31. The van der Waals surface area contributed by atoms with Crippen molar-refractivity contribution >= 4 is 17.5 Å². The molecule has 1 saturated heterocycles. The molecular formula is C21H27N5O4. The number of nitro benzene ring substituents is 1. The molecule has 3 heterocycles. The Morgan fingerprint density at radius 3 is 2.57 bits per heavy atom. The van der Waals surface area contributed by atoms with Crippen LogP contribution in [-0.2, 0) is 11.3 Å². The molecule has 1 aromatic carbocycles. The molecule has 4 rings (SSSR count). The summed E-state index contributed by atoms with van der Waals surface area (Å²) in [6.45, 7) is 7.39. The highest BCUT2D eigenvalue weighted by Crippen LogP contribution is 2.44. The smallest absolute Gasteiger partial charge is 0.410 e. The van der Waals surface area contributed by atoms with E-state index in [1.165, 1.54) is 6.07 Å². The number of fused-ring (bicyclic) bond motifs is 3. The lowest BCUT2D eigenvalue weighted by molar-refractivity contribution is -0.384. The second kappa shape index (κ2) is 7.30. The summed E-state index contributed by atoms with van der Waals surface area (Å²) in [5, 5.41) is 16.1. The maximum atomic E-state index is 12.3. The number of hydrogen-bond donors (Lipinski definition) is 0. The summed E-state index contributed by atoms with van der Waals surface area (Å²) in [5.41, 5.74) is 3.08. The van der Waals surface area contributed by atoms with E-state index < -0.39 is 5.60 Å². The largest absolute Gasteiger partial charge is 0.444 e. The number of aromatic nitrogens is 2. The third-order valence-corrected chi connectivity index (χ3v) is 5.63. The average molecular weight is 413 g/mol. The minimum atomic E-state index is -0.504. The summed E-state index contributed by atoms with van der Waals surface area (Å²) in [6, 6.07) is 5.35. The Hall–Kier alpha value is -3.10. The van der Waals surface area contributed by atoms with Crippen LogP contribution in [0.1, 0.15) is 45.3 Å². The maximum Gasteiger partial charge on any atom is 0.410 e. The fourth-order valence-electron chi connectivity index (χ4n) is 4.31. The Labute approximate surface area is 175 Å². The first-order valence-electron chi connectivity index (χ1n) is 10.2. The molecule has 1 amide bonds. The third-order valence-electron chi connectivity index (χ3n) is 5.63. The molecule has 0 N–H and O–H groups in total. The fraction of sp³-hybridized carbons (Fsp3) is 0.524. The van der Waals surface area contributed by atoms with E-state index in [4.69, 9.17) is 4.74 Å². The standard InChI is InChI=1S/C21H27N5O4/c1-21(2,3)30-20(27)24-10-8-14(9-11-24)25-18-13-23(4)19-15(16(18)12-22-25)6-5-7-17(19)26(28)29/h5-7,12,14H,8-11,13H2,1-4H3. The van der Waals surface area contributed by atoms with Crippen molar-refractivity contribution in [2.45, 2.75) is 51.8 Å². The summed E-state index contributed by atoms with van der Waals surface area (Å²) in [5.74, 6) is 0. The molecule has 0 aliphatic carbocycles. The van der Waals surface area contributed by atoms with Gasteiger partial charge in [-0.2, -0.15) is 5.10 Å². The van der Waals surface area contributed by atoms with Gasteiger partial charge in [0.15, 0.2) is 0 Å². The molecule has 1 fully saturated rings. The minimum absolute atomic E-state index is 0.110. The number of carbonyl (C=O) groups excluding carboxylic acids is 1. The Balaban J connectivity index is 1.56. The molecule has 2 aliphatic heterocycles. The Morgan fingerprint density at radius 1 is 1.23 bits per heavy atom. The number of benzene rings is 1. The summed E-state index contributed by atoms with van der Waals surface area (Å²) < 4.78 is 7.52. The maximum absolute atomic E-state index is 12.3. The van der Waals surface area contributed by atoms with Crippen LogP contribution in [0.15, 0.2) is 24.4 Å². The van der Waals surface area contributed by atoms with Gasteiger partial charge in [-0.3, -0.25) is 14.8 Å². The predicted molar refractivity (Wildman–Crippen MR) is 113 cm³/mol. The minimum Gasteiger partial charge on any atom is -0.444 e. The summed E-state index contributed by atoms with van der Waals surface area (Å²) in [4.78, 5) is 27.1. The van der Waals surface area contributed by atoms with Crippen LogP contribution >= 0.6 is 0 Å². The molecule has 30 heavy (non-hydrogen) atoms. The number of rotatable bonds is 2. The van der Waals surface area contributed by atoms with Crippen LogP contribution in [0.5, 0.6) is 0 Å². The van der Waals surface area contributed by atoms with Gasteiger partial charge in [-0.05, 0) is 33.6 Å². The van der Waals surface area contributed by atoms with Gasteiger partial charge in [0.1, 0.15) is 11.3 Å². The van der Waals surface area contributed by atoms with E-state index in [-0.39, 0.29) is 22.7 Å². The summed E-state index contributed by atoms with van der Waals surface area (Å²) in [7, 11) is 1.87. The number of likely N-dealkylation sites (tertiary alicyclic amines) is 1. The number of nitro groups is 1. The number of anilines is 1. The third kappa shape index (κ3) is 3.59. The highest BCUT2D eigenvalue weighted by atomic mass is 16.6. The van der Waals surface area contributed by atoms with Gasteiger partial charge in [-0.25, -0.2) is 4.79 Å². The number of amides is 1. The van der Waals surface area contributed by atoms with Crippen molar-refractivity contribution in [2.24, 2.45) is 0 Å². The van der Waals surface area contributed by atoms with E-state index in [9.17, 15) is 14.9 Å². The van der Waals surface area contributed by atoms with Crippen molar-refractivity contribution in [3.05, 3.63) is 40.2 Å². The molecule has 9 nitrogen and oxygen atoms in total. The number of para-hydroxylation sites is 1. The number of nitrogens with zero attached hydrogens (tertiary/aromatic N) is 5. The van der Waals surface area contributed by atoms with Crippen LogP contribution in [0.25, 0.3) is 11.1 Å². The highest BCUT2D eigenvalue weighted by Gasteiger charge is 2.33. The highest BCUT2D eigenvalue weighted by molar-refractivity contribution is 5.88. The van der Waals surface area contributed by atoms with Crippen molar-refractivity contribution in [1.82, 2.24) is 14.7 Å². The van der Waals surface area contributed by atoms with Crippen molar-refractivity contribution in [1.29, 1.82) is 0 Å². The summed E-state index contributed by atoms with van der Waals surface area (Å²) in [6.07, 6.45) is 3.12. The predicted octanol–water partition coefficient (Wildman–Crippen LogP) is 3.98. The number of hydrogen-bond acceptors (Lipinski definition) is 6. The van der Waals surface area contributed by atoms with E-state index in [0.717, 1.165) is 29.7 Å². The molecule has 160 valence electrons. The molecule has 0 bridgehead atoms. The van der Waals surface area contributed by atoms with Crippen molar-refractivity contribution in [3.8, 4) is 11.1 Å². The lowest BCUT2D eigenvalue weighted by atomic mass is 9.97. The quantitative estimate of drug-likeness (QED) is 0.546. The molecule has 0 spiro atoms. The van der Waals surface area contributed by atoms with Crippen LogP contribution in [-0.4, -0.2) is 51.4 Å². The number of piperidine rings is 1. The lowest BCUT2D eigenvalue weighted by Gasteiger charge is -2.35. The molecule has 2 aliphatic rings. The van der Waals surface area contributed by atoms with Gasteiger partial charge in [0.25, 0.3) is 5.69 Å². The molecule has 2 aromatic rings. The zero-order chi connectivity index (χ0) is 21.6. The van der Waals surface area contributed by atoms with Crippen LogP contribution in [0, 0.1) is 10.1 Å². The molecule has 0 unspecified atom stereocenters. The molecule has 9 heteroatoms. The normalized spacial score (nSPS) is 16.8. The first-order chi connectivity index (χ1) is 14.2. The van der Waals surface area contributed by atoms with Gasteiger partial charge in [0.2, 0.25) is 0 Å². The molecule has 0 saturated carbocycles. The molecule has 0 atom stereocenters. The molecule has 1 aromatic heterocycles. The Kier molecular flexibility index (Phi) is 4.91. The summed E-state index contributed by atoms with van der Waals surface area (Å²) >= 11 is 0.